The maximum absolute atomic E-state index is 11.5. The smallest absolute Gasteiger partial charge is 0.320 e. The molecule has 3 rings (SSSR count). The molecule has 1 saturated carbocycles. The zero-order valence-corrected chi connectivity index (χ0v) is 11.3. The first-order chi connectivity index (χ1) is 9.16. The molecule has 3 unspecified atom stereocenters. The van der Waals surface area contributed by atoms with Crippen LogP contribution >= 0.6 is 0 Å². The monoisotopic (exact) mass is 263 g/mol. The van der Waals surface area contributed by atoms with Gasteiger partial charge in [0.1, 0.15) is 6.04 Å². The zero-order chi connectivity index (χ0) is 13.4. The number of aliphatic carboxylic acids is 1. The van der Waals surface area contributed by atoms with Crippen molar-refractivity contribution in [3.05, 3.63) is 18.2 Å². The number of likely N-dealkylation sites (tertiary alicyclic amines) is 1. The first kappa shape index (κ1) is 12.7. The van der Waals surface area contributed by atoms with Crippen molar-refractivity contribution < 1.29 is 9.90 Å². The Morgan fingerprint density at radius 2 is 2.26 bits per heavy atom. The van der Waals surface area contributed by atoms with Crippen molar-refractivity contribution >= 4 is 5.97 Å². The molecule has 5 heteroatoms. The predicted molar refractivity (Wildman–Crippen MR) is 70.5 cm³/mol. The van der Waals surface area contributed by atoms with Gasteiger partial charge in [0.25, 0.3) is 0 Å². The molecule has 19 heavy (non-hydrogen) atoms. The molecule has 104 valence electrons. The minimum absolute atomic E-state index is 0.317. The average Bonchev–Trinajstić information content (AvgIpc) is 2.95. The highest BCUT2D eigenvalue weighted by molar-refractivity contribution is 5.74. The first-order valence-corrected chi connectivity index (χ1v) is 7.10. The Balaban J connectivity index is 1.82. The molecule has 2 aliphatic rings. The maximum atomic E-state index is 11.5. The van der Waals surface area contributed by atoms with Gasteiger partial charge in [-0.2, -0.15) is 0 Å². The second-order valence-electron chi connectivity index (χ2n) is 5.87. The average molecular weight is 263 g/mol. The Morgan fingerprint density at radius 1 is 1.47 bits per heavy atom. The summed E-state index contributed by atoms with van der Waals surface area (Å²) in [6.07, 6.45) is 9.26. The molecule has 1 aromatic heterocycles. The van der Waals surface area contributed by atoms with Gasteiger partial charge in [0.15, 0.2) is 0 Å². The second-order valence-corrected chi connectivity index (χ2v) is 5.87. The number of aryl methyl sites for hydroxylation is 1. The first-order valence-electron chi connectivity index (χ1n) is 7.10. The number of aromatic nitrogens is 2. The van der Waals surface area contributed by atoms with Crippen LogP contribution < -0.4 is 0 Å². The third-order valence-corrected chi connectivity index (χ3v) is 4.77. The van der Waals surface area contributed by atoms with E-state index in [1.54, 1.807) is 6.33 Å². The van der Waals surface area contributed by atoms with E-state index in [0.29, 0.717) is 18.5 Å². The summed E-state index contributed by atoms with van der Waals surface area (Å²) in [5, 5.41) is 9.46. The van der Waals surface area contributed by atoms with Crippen molar-refractivity contribution in [2.75, 3.05) is 0 Å². The van der Waals surface area contributed by atoms with Gasteiger partial charge in [-0.25, -0.2) is 4.98 Å². The number of fused-ring (bicyclic) bond motifs is 1. The molecule has 1 saturated heterocycles. The maximum Gasteiger partial charge on any atom is 0.320 e. The Morgan fingerprint density at radius 3 is 2.95 bits per heavy atom. The SMILES string of the molecule is Cn1cncc1CN1C(C(=O)O)CC2CCCCC21. The minimum atomic E-state index is -0.670. The molecule has 1 aliphatic heterocycles. The molecular weight excluding hydrogens is 242 g/mol. The van der Waals surface area contributed by atoms with Crippen LogP contribution in [-0.4, -0.2) is 37.6 Å². The normalized spacial score (nSPS) is 31.3. The fourth-order valence-corrected chi connectivity index (χ4v) is 3.75. The van der Waals surface area contributed by atoms with Gasteiger partial charge in [-0.05, 0) is 25.2 Å². The van der Waals surface area contributed by atoms with Crippen molar-refractivity contribution in [2.24, 2.45) is 13.0 Å². The van der Waals surface area contributed by atoms with Crippen molar-refractivity contribution in [2.45, 2.75) is 50.7 Å². The van der Waals surface area contributed by atoms with E-state index in [0.717, 1.165) is 18.5 Å². The number of hydrogen-bond acceptors (Lipinski definition) is 3. The number of carbonyl (C=O) groups is 1. The standard InChI is InChI=1S/C14H21N3O2/c1-16-9-15-7-11(16)8-17-12-5-3-2-4-10(12)6-13(17)14(18)19/h7,9-10,12-13H,2-6,8H2,1H3,(H,18,19). The van der Waals surface area contributed by atoms with Crippen LogP contribution in [0.3, 0.4) is 0 Å². The molecule has 1 aliphatic carbocycles. The van der Waals surface area contributed by atoms with E-state index in [1.165, 1.54) is 19.3 Å². The van der Waals surface area contributed by atoms with Gasteiger partial charge in [-0.15, -0.1) is 0 Å². The number of nitrogens with zero attached hydrogens (tertiary/aromatic N) is 3. The van der Waals surface area contributed by atoms with Crippen molar-refractivity contribution in [1.29, 1.82) is 0 Å². The van der Waals surface area contributed by atoms with E-state index < -0.39 is 5.97 Å². The van der Waals surface area contributed by atoms with Crippen LogP contribution in [0.5, 0.6) is 0 Å². The number of imidazole rings is 1. The van der Waals surface area contributed by atoms with E-state index in [2.05, 4.69) is 9.88 Å². The van der Waals surface area contributed by atoms with Gasteiger partial charge in [-0.3, -0.25) is 9.69 Å². The molecule has 1 N–H and O–H groups in total. The van der Waals surface area contributed by atoms with E-state index in [4.69, 9.17) is 0 Å². The minimum Gasteiger partial charge on any atom is -0.480 e. The Labute approximate surface area is 113 Å². The molecule has 0 radical (unpaired) electrons. The lowest BCUT2D eigenvalue weighted by Gasteiger charge is -2.32. The summed E-state index contributed by atoms with van der Waals surface area (Å²) >= 11 is 0. The lowest BCUT2D eigenvalue weighted by atomic mass is 9.85. The van der Waals surface area contributed by atoms with Crippen molar-refractivity contribution in [3.63, 3.8) is 0 Å². The van der Waals surface area contributed by atoms with Gasteiger partial charge in [0, 0.05) is 25.8 Å². The lowest BCUT2D eigenvalue weighted by Crippen LogP contribution is -2.42. The largest absolute Gasteiger partial charge is 0.480 e. The molecule has 0 spiro atoms. The van der Waals surface area contributed by atoms with Crippen LogP contribution in [0.2, 0.25) is 0 Å². The van der Waals surface area contributed by atoms with E-state index in [9.17, 15) is 9.90 Å². The quantitative estimate of drug-likeness (QED) is 0.900. The Bertz CT molecular complexity index is 471. The summed E-state index contributed by atoms with van der Waals surface area (Å²) in [7, 11) is 1.96. The van der Waals surface area contributed by atoms with Crippen LogP contribution in [0.1, 0.15) is 37.8 Å². The fourth-order valence-electron chi connectivity index (χ4n) is 3.75. The highest BCUT2D eigenvalue weighted by Crippen LogP contribution is 2.40. The lowest BCUT2D eigenvalue weighted by molar-refractivity contribution is -0.142. The summed E-state index contributed by atoms with van der Waals surface area (Å²) < 4.78 is 1.98. The van der Waals surface area contributed by atoms with Gasteiger partial charge >= 0.3 is 5.97 Å². The molecule has 0 amide bonds. The molecular formula is C14H21N3O2. The van der Waals surface area contributed by atoms with E-state index in [1.807, 2.05) is 17.8 Å². The summed E-state index contributed by atoms with van der Waals surface area (Å²) in [5.74, 6) is -0.0976. The summed E-state index contributed by atoms with van der Waals surface area (Å²) in [6.45, 7) is 0.703. The fraction of sp³-hybridized carbons (Fsp3) is 0.714. The molecule has 3 atom stereocenters. The van der Waals surface area contributed by atoms with Gasteiger partial charge in [0.05, 0.1) is 12.0 Å². The number of rotatable bonds is 3. The van der Waals surface area contributed by atoms with Crippen LogP contribution in [0, 0.1) is 5.92 Å². The molecule has 0 bridgehead atoms. The van der Waals surface area contributed by atoms with E-state index in [-0.39, 0.29) is 6.04 Å². The predicted octanol–water partition coefficient (Wildman–Crippen LogP) is 1.64. The third-order valence-electron chi connectivity index (χ3n) is 4.77. The number of carboxylic acids is 1. The summed E-state index contributed by atoms with van der Waals surface area (Å²) in [4.78, 5) is 17.8. The number of hydrogen-bond donors (Lipinski definition) is 1. The molecule has 2 fully saturated rings. The highest BCUT2D eigenvalue weighted by atomic mass is 16.4. The molecule has 5 nitrogen and oxygen atoms in total. The van der Waals surface area contributed by atoms with Crippen molar-refractivity contribution in [3.8, 4) is 0 Å². The molecule has 0 aromatic carbocycles. The van der Waals surface area contributed by atoms with Crippen LogP contribution in [0.4, 0.5) is 0 Å². The topological polar surface area (TPSA) is 58.4 Å². The highest BCUT2D eigenvalue weighted by Gasteiger charge is 2.45. The summed E-state index contributed by atoms with van der Waals surface area (Å²) in [6, 6.07) is 0.132. The zero-order valence-electron chi connectivity index (χ0n) is 11.3. The van der Waals surface area contributed by atoms with Crippen LogP contribution in [-0.2, 0) is 18.4 Å². The van der Waals surface area contributed by atoms with Crippen LogP contribution in [0.25, 0.3) is 0 Å². The van der Waals surface area contributed by atoms with Gasteiger partial charge in [-0.1, -0.05) is 12.8 Å². The molecule has 1 aromatic rings. The summed E-state index contributed by atoms with van der Waals surface area (Å²) in [5.41, 5.74) is 1.09. The van der Waals surface area contributed by atoms with Gasteiger partial charge < -0.3 is 9.67 Å². The van der Waals surface area contributed by atoms with E-state index >= 15 is 0 Å². The van der Waals surface area contributed by atoms with Crippen molar-refractivity contribution in [1.82, 2.24) is 14.5 Å². The second kappa shape index (κ2) is 4.96. The van der Waals surface area contributed by atoms with Gasteiger partial charge in [0.2, 0.25) is 0 Å². The van der Waals surface area contributed by atoms with Crippen LogP contribution in [0.15, 0.2) is 12.5 Å². The number of carboxylic acid groups (broad SMARTS) is 1. The Hall–Kier alpha value is -1.36. The Kier molecular flexibility index (Phi) is 3.31. The molecule has 2 heterocycles. The third kappa shape index (κ3) is 2.27.